The lowest BCUT2D eigenvalue weighted by Crippen LogP contribution is -2.38. The van der Waals surface area contributed by atoms with Crippen LogP contribution in [0.25, 0.3) is 16.3 Å². The molecule has 7 heteroatoms. The predicted octanol–water partition coefficient (Wildman–Crippen LogP) is 1.58. The lowest BCUT2D eigenvalue weighted by atomic mass is 10.2. The van der Waals surface area contributed by atoms with Gasteiger partial charge >= 0.3 is 5.69 Å². The van der Waals surface area contributed by atoms with Crippen LogP contribution in [0.15, 0.2) is 57.4 Å². The number of nitrogens with zero attached hydrogens (tertiary/aromatic N) is 1. The number of rotatable bonds is 5. The van der Waals surface area contributed by atoms with Crippen molar-refractivity contribution in [1.29, 1.82) is 0 Å². The first-order chi connectivity index (χ1) is 11.6. The highest BCUT2D eigenvalue weighted by atomic mass is 32.1. The van der Waals surface area contributed by atoms with Gasteiger partial charge in [0.2, 0.25) is 5.91 Å². The molecule has 0 unspecified atom stereocenters. The lowest BCUT2D eigenvalue weighted by molar-refractivity contribution is -0.116. The van der Waals surface area contributed by atoms with Crippen molar-refractivity contribution in [2.45, 2.75) is 6.54 Å². The zero-order chi connectivity index (χ0) is 16.9. The first-order valence-electron chi connectivity index (χ1n) is 7.36. The molecule has 122 valence electrons. The fraction of sp³-hybridized carbons (Fsp3) is 0.118. The lowest BCUT2D eigenvalue weighted by Gasteiger charge is -2.05. The summed E-state index contributed by atoms with van der Waals surface area (Å²) in [6.07, 6.45) is 3.12. The number of hydrogen-bond donors (Lipinski definition) is 2. The molecular formula is C17H15N3O3S. The number of carbonyl (C=O) groups excluding carboxylic acids is 1. The molecule has 0 saturated carbocycles. The van der Waals surface area contributed by atoms with Crippen molar-refractivity contribution in [3.63, 3.8) is 0 Å². The van der Waals surface area contributed by atoms with E-state index in [4.69, 9.17) is 0 Å². The summed E-state index contributed by atoms with van der Waals surface area (Å²) in [6.45, 7) is 0.310. The Morgan fingerprint density at radius 1 is 1.21 bits per heavy atom. The molecule has 3 aromatic rings. The zero-order valence-corrected chi connectivity index (χ0v) is 13.5. The topological polar surface area (TPSA) is 84.0 Å². The van der Waals surface area contributed by atoms with Gasteiger partial charge in [0.25, 0.3) is 5.56 Å². The van der Waals surface area contributed by atoms with Crippen molar-refractivity contribution in [2.24, 2.45) is 0 Å². The first kappa shape index (κ1) is 15.9. The van der Waals surface area contributed by atoms with E-state index in [1.165, 1.54) is 17.4 Å². The molecule has 0 saturated heterocycles. The molecule has 0 bridgehead atoms. The molecule has 2 heterocycles. The van der Waals surface area contributed by atoms with E-state index in [-0.39, 0.29) is 24.6 Å². The molecule has 24 heavy (non-hydrogen) atoms. The highest BCUT2D eigenvalue weighted by molar-refractivity contribution is 7.17. The molecular weight excluding hydrogens is 326 g/mol. The quantitative estimate of drug-likeness (QED) is 0.691. The zero-order valence-electron chi connectivity index (χ0n) is 12.7. The third-order valence-corrected chi connectivity index (χ3v) is 4.36. The van der Waals surface area contributed by atoms with E-state index in [9.17, 15) is 14.4 Å². The molecule has 0 radical (unpaired) electrons. The van der Waals surface area contributed by atoms with Crippen LogP contribution >= 0.6 is 11.3 Å². The minimum absolute atomic E-state index is 0.118. The highest BCUT2D eigenvalue weighted by Crippen LogP contribution is 2.11. The van der Waals surface area contributed by atoms with E-state index in [0.717, 1.165) is 10.1 Å². The second kappa shape index (κ2) is 7.10. The standard InChI is InChI=1S/C17H15N3O3S/c21-14(7-6-12-4-2-1-3-5-12)18-9-10-20-16(22)15-13(8-11-24-15)19-17(20)23/h1-8,11H,9-10H2,(H,18,21)(H,19,23). The Morgan fingerprint density at radius 2 is 2.00 bits per heavy atom. The minimum atomic E-state index is -0.472. The summed E-state index contributed by atoms with van der Waals surface area (Å²) >= 11 is 1.28. The van der Waals surface area contributed by atoms with Crippen molar-refractivity contribution in [3.05, 3.63) is 74.3 Å². The number of fused-ring (bicyclic) bond motifs is 1. The van der Waals surface area contributed by atoms with E-state index in [2.05, 4.69) is 10.3 Å². The van der Waals surface area contributed by atoms with Gasteiger partial charge in [-0.2, -0.15) is 0 Å². The molecule has 0 spiro atoms. The van der Waals surface area contributed by atoms with Gasteiger partial charge in [-0.3, -0.25) is 14.2 Å². The number of carbonyl (C=O) groups is 1. The van der Waals surface area contributed by atoms with Crippen LogP contribution < -0.4 is 16.6 Å². The van der Waals surface area contributed by atoms with Gasteiger partial charge in [-0.05, 0) is 23.1 Å². The Labute approximate surface area is 141 Å². The Bertz CT molecular complexity index is 999. The summed E-state index contributed by atoms with van der Waals surface area (Å²) < 4.78 is 1.60. The molecule has 0 aliphatic heterocycles. The normalized spacial score (nSPS) is 11.2. The first-order valence-corrected chi connectivity index (χ1v) is 8.24. The number of thiophene rings is 1. The minimum Gasteiger partial charge on any atom is -0.351 e. The average molecular weight is 341 g/mol. The van der Waals surface area contributed by atoms with E-state index in [1.54, 1.807) is 17.5 Å². The number of aromatic nitrogens is 2. The molecule has 0 fully saturated rings. The van der Waals surface area contributed by atoms with Crippen LogP contribution in [0.3, 0.4) is 0 Å². The van der Waals surface area contributed by atoms with Crippen LogP contribution in [0.2, 0.25) is 0 Å². The Balaban J connectivity index is 1.62. The Morgan fingerprint density at radius 3 is 2.79 bits per heavy atom. The third kappa shape index (κ3) is 3.52. The van der Waals surface area contributed by atoms with Crippen molar-refractivity contribution in [2.75, 3.05) is 6.54 Å². The molecule has 2 N–H and O–H groups in total. The van der Waals surface area contributed by atoms with Crippen LogP contribution in [0, 0.1) is 0 Å². The van der Waals surface area contributed by atoms with Crippen LogP contribution in [0.1, 0.15) is 5.56 Å². The van der Waals surface area contributed by atoms with Gasteiger partial charge in [0, 0.05) is 19.2 Å². The van der Waals surface area contributed by atoms with E-state index in [1.807, 2.05) is 30.3 Å². The van der Waals surface area contributed by atoms with E-state index in [0.29, 0.717) is 10.2 Å². The molecule has 1 amide bonds. The number of aromatic amines is 1. The average Bonchev–Trinajstić information content (AvgIpc) is 3.05. The molecule has 1 aromatic carbocycles. The second-order valence-electron chi connectivity index (χ2n) is 5.09. The second-order valence-corrected chi connectivity index (χ2v) is 6.00. The van der Waals surface area contributed by atoms with Crippen LogP contribution in [-0.2, 0) is 11.3 Å². The summed E-state index contributed by atoms with van der Waals surface area (Å²) in [4.78, 5) is 38.6. The largest absolute Gasteiger partial charge is 0.351 e. The summed E-state index contributed by atoms with van der Waals surface area (Å²) in [5.74, 6) is -0.277. The van der Waals surface area contributed by atoms with Crippen LogP contribution in [0.4, 0.5) is 0 Å². The monoisotopic (exact) mass is 341 g/mol. The van der Waals surface area contributed by atoms with Crippen LogP contribution in [-0.4, -0.2) is 22.0 Å². The van der Waals surface area contributed by atoms with Crippen molar-refractivity contribution in [3.8, 4) is 0 Å². The number of hydrogen-bond acceptors (Lipinski definition) is 4. The summed E-state index contributed by atoms with van der Waals surface area (Å²) in [5, 5.41) is 4.42. The smallest absolute Gasteiger partial charge is 0.328 e. The van der Waals surface area contributed by atoms with Crippen molar-refractivity contribution < 1.29 is 4.79 Å². The predicted molar refractivity (Wildman–Crippen MR) is 95.2 cm³/mol. The maximum Gasteiger partial charge on any atom is 0.328 e. The van der Waals surface area contributed by atoms with Gasteiger partial charge < -0.3 is 10.3 Å². The summed E-state index contributed by atoms with van der Waals surface area (Å²) in [6, 6.07) is 11.1. The molecule has 0 aliphatic rings. The number of amides is 1. The fourth-order valence-electron chi connectivity index (χ4n) is 2.26. The van der Waals surface area contributed by atoms with Gasteiger partial charge in [-0.15, -0.1) is 11.3 Å². The fourth-order valence-corrected chi connectivity index (χ4v) is 3.06. The maximum atomic E-state index is 12.2. The van der Waals surface area contributed by atoms with E-state index < -0.39 is 5.69 Å². The maximum absolute atomic E-state index is 12.2. The SMILES string of the molecule is O=C(C=Cc1ccccc1)NCCn1c(=O)[nH]c2ccsc2c1=O. The molecule has 0 atom stereocenters. The molecule has 6 nitrogen and oxygen atoms in total. The van der Waals surface area contributed by atoms with Crippen molar-refractivity contribution >= 4 is 33.5 Å². The van der Waals surface area contributed by atoms with Gasteiger partial charge in [0.15, 0.2) is 0 Å². The van der Waals surface area contributed by atoms with Gasteiger partial charge in [-0.1, -0.05) is 30.3 Å². The Hall–Kier alpha value is -2.93. The van der Waals surface area contributed by atoms with Gasteiger partial charge in [0.1, 0.15) is 4.70 Å². The number of nitrogens with one attached hydrogen (secondary N) is 2. The van der Waals surface area contributed by atoms with Gasteiger partial charge in [0.05, 0.1) is 5.52 Å². The van der Waals surface area contributed by atoms with Crippen LogP contribution in [0.5, 0.6) is 0 Å². The summed E-state index contributed by atoms with van der Waals surface area (Å²) in [7, 11) is 0. The molecule has 3 rings (SSSR count). The number of H-pyrrole nitrogens is 1. The molecule has 2 aromatic heterocycles. The third-order valence-electron chi connectivity index (χ3n) is 3.45. The Kier molecular flexibility index (Phi) is 4.72. The summed E-state index contributed by atoms with van der Waals surface area (Å²) in [5.41, 5.74) is 0.655. The number of benzene rings is 1. The highest BCUT2D eigenvalue weighted by Gasteiger charge is 2.08. The van der Waals surface area contributed by atoms with E-state index >= 15 is 0 Å². The molecule has 0 aliphatic carbocycles. The van der Waals surface area contributed by atoms with Crippen molar-refractivity contribution in [1.82, 2.24) is 14.9 Å². The van der Waals surface area contributed by atoms with Gasteiger partial charge in [-0.25, -0.2) is 4.79 Å².